The van der Waals surface area contributed by atoms with E-state index in [0.29, 0.717) is 31.3 Å². The molecule has 6 heteroatoms. The molecule has 1 heterocycles. The van der Waals surface area contributed by atoms with Gasteiger partial charge in [-0.1, -0.05) is 6.92 Å². The summed E-state index contributed by atoms with van der Waals surface area (Å²) in [5.74, 6) is 0.411. The molecule has 190 valence electrons. The SMILES string of the molecule is CCN(CC)C(=O)[C@H]1CC[C@H]2[C@@H]3CN(C(C)(C)C)C4=CC(=O)CC[C@]4(C)[C@H]3CC[C@]12CC(=O)O. The van der Waals surface area contributed by atoms with Gasteiger partial charge in [0.15, 0.2) is 5.78 Å². The van der Waals surface area contributed by atoms with E-state index in [4.69, 9.17) is 0 Å². The molecule has 3 aliphatic carbocycles. The maximum Gasteiger partial charge on any atom is 0.303 e. The molecule has 6 nitrogen and oxygen atoms in total. The molecule has 34 heavy (non-hydrogen) atoms. The molecule has 4 aliphatic rings. The zero-order valence-corrected chi connectivity index (χ0v) is 22.0. The second-order valence-corrected chi connectivity index (χ2v) is 12.6. The van der Waals surface area contributed by atoms with Gasteiger partial charge >= 0.3 is 5.97 Å². The topological polar surface area (TPSA) is 77.9 Å². The van der Waals surface area contributed by atoms with Gasteiger partial charge in [0, 0.05) is 54.7 Å². The Labute approximate surface area is 205 Å². The molecule has 0 unspecified atom stereocenters. The van der Waals surface area contributed by atoms with Crippen LogP contribution in [-0.4, -0.2) is 57.7 Å². The minimum absolute atomic E-state index is 0.0690. The first-order chi connectivity index (χ1) is 15.9. The van der Waals surface area contributed by atoms with E-state index >= 15 is 0 Å². The summed E-state index contributed by atoms with van der Waals surface area (Å²) in [5, 5.41) is 10.0. The summed E-state index contributed by atoms with van der Waals surface area (Å²) in [7, 11) is 0. The van der Waals surface area contributed by atoms with E-state index in [-0.39, 0.29) is 40.9 Å². The third-order valence-electron chi connectivity index (χ3n) is 10.1. The summed E-state index contributed by atoms with van der Waals surface area (Å²) in [5.41, 5.74) is 0.535. The number of carbonyl (C=O) groups excluding carboxylic acids is 2. The van der Waals surface area contributed by atoms with Crippen molar-refractivity contribution in [3.05, 3.63) is 11.8 Å². The smallest absolute Gasteiger partial charge is 0.303 e. The lowest BCUT2D eigenvalue weighted by molar-refractivity contribution is -0.156. The number of fused-ring (bicyclic) bond motifs is 5. The molecule has 4 rings (SSSR count). The quantitative estimate of drug-likeness (QED) is 0.626. The van der Waals surface area contributed by atoms with Crippen molar-refractivity contribution in [2.24, 2.45) is 34.5 Å². The van der Waals surface area contributed by atoms with E-state index in [2.05, 4.69) is 32.6 Å². The number of carboxylic acids is 1. The van der Waals surface area contributed by atoms with Crippen LogP contribution in [0.15, 0.2) is 11.8 Å². The van der Waals surface area contributed by atoms with Crippen LogP contribution in [0.25, 0.3) is 0 Å². The highest BCUT2D eigenvalue weighted by molar-refractivity contribution is 5.91. The number of hydrogen-bond donors (Lipinski definition) is 1. The predicted molar refractivity (Wildman–Crippen MR) is 132 cm³/mol. The van der Waals surface area contributed by atoms with Crippen LogP contribution in [0, 0.1) is 34.5 Å². The third kappa shape index (κ3) is 3.80. The van der Waals surface area contributed by atoms with E-state index in [1.54, 1.807) is 0 Å². The molecule has 0 radical (unpaired) electrons. The van der Waals surface area contributed by atoms with Crippen LogP contribution >= 0.6 is 0 Å². The lowest BCUT2D eigenvalue weighted by atomic mass is 9.48. The molecular weight excluding hydrogens is 428 g/mol. The van der Waals surface area contributed by atoms with Crippen LogP contribution in [0.5, 0.6) is 0 Å². The summed E-state index contributed by atoms with van der Waals surface area (Å²) < 4.78 is 0. The summed E-state index contributed by atoms with van der Waals surface area (Å²) in [6, 6.07) is 0. The van der Waals surface area contributed by atoms with Gasteiger partial charge in [-0.15, -0.1) is 0 Å². The number of ketones is 1. The molecule has 3 fully saturated rings. The fourth-order valence-corrected chi connectivity index (χ4v) is 8.50. The standard InChI is InChI=1S/C28H44N2O4/c1-7-29(8-2)25(34)22-10-9-21-19-17-30(26(3,4)5)23-15-18(31)11-13-27(23,6)20(19)12-14-28(21,22)16-24(32)33/h15,19-22H,7-14,16-17H2,1-6H3,(H,32,33)/t19-,20+,21+,22-,27-,28-/m1/s1. The summed E-state index contributed by atoms with van der Waals surface area (Å²) >= 11 is 0. The van der Waals surface area contributed by atoms with Gasteiger partial charge < -0.3 is 14.9 Å². The van der Waals surface area contributed by atoms with Crippen molar-refractivity contribution in [3.8, 4) is 0 Å². The van der Waals surface area contributed by atoms with Crippen LogP contribution in [-0.2, 0) is 14.4 Å². The van der Waals surface area contributed by atoms with E-state index in [9.17, 15) is 19.5 Å². The van der Waals surface area contributed by atoms with Crippen molar-refractivity contribution >= 4 is 17.7 Å². The average Bonchev–Trinajstić information content (AvgIpc) is 3.12. The number of piperidine rings is 1. The lowest BCUT2D eigenvalue weighted by Crippen LogP contribution is -2.62. The number of aliphatic carboxylic acids is 1. The summed E-state index contributed by atoms with van der Waals surface area (Å²) in [6.45, 7) is 15.2. The Morgan fingerprint density at radius 2 is 1.79 bits per heavy atom. The number of amides is 1. The Bertz CT molecular complexity index is 885. The van der Waals surface area contributed by atoms with E-state index in [1.807, 2.05) is 24.8 Å². The van der Waals surface area contributed by atoms with Crippen LogP contribution < -0.4 is 0 Å². The number of hydrogen-bond acceptors (Lipinski definition) is 4. The monoisotopic (exact) mass is 472 g/mol. The molecule has 6 atom stereocenters. The zero-order chi connectivity index (χ0) is 25.1. The highest BCUT2D eigenvalue weighted by Crippen LogP contribution is 2.67. The molecule has 0 aromatic rings. The van der Waals surface area contributed by atoms with Gasteiger partial charge in [-0.2, -0.15) is 0 Å². The number of likely N-dealkylation sites (tertiary alicyclic amines) is 1. The number of carboxylic acid groups (broad SMARTS) is 1. The molecule has 2 saturated carbocycles. The molecule has 1 aliphatic heterocycles. The first-order valence-electron chi connectivity index (χ1n) is 13.4. The first-order valence-corrected chi connectivity index (χ1v) is 13.4. The molecule has 1 amide bonds. The fourth-order valence-electron chi connectivity index (χ4n) is 8.50. The third-order valence-corrected chi connectivity index (χ3v) is 10.1. The lowest BCUT2D eigenvalue weighted by Gasteiger charge is -2.63. The van der Waals surface area contributed by atoms with Crippen molar-refractivity contribution in [3.63, 3.8) is 0 Å². The largest absolute Gasteiger partial charge is 0.481 e. The molecule has 1 saturated heterocycles. The second kappa shape index (κ2) is 8.67. The van der Waals surface area contributed by atoms with Gasteiger partial charge in [-0.3, -0.25) is 14.4 Å². The Morgan fingerprint density at radius 1 is 1.12 bits per heavy atom. The van der Waals surface area contributed by atoms with Gasteiger partial charge in [-0.25, -0.2) is 0 Å². The van der Waals surface area contributed by atoms with Crippen LogP contribution in [0.4, 0.5) is 0 Å². The van der Waals surface area contributed by atoms with Gasteiger partial charge in [0.1, 0.15) is 0 Å². The fraction of sp³-hybridized carbons (Fsp3) is 0.821. The second-order valence-electron chi connectivity index (χ2n) is 12.6. The van der Waals surface area contributed by atoms with Gasteiger partial charge in [-0.05, 0) is 89.9 Å². The van der Waals surface area contributed by atoms with Gasteiger partial charge in [0.2, 0.25) is 5.91 Å². The highest BCUT2D eigenvalue weighted by Gasteiger charge is 2.64. The zero-order valence-electron chi connectivity index (χ0n) is 22.0. The van der Waals surface area contributed by atoms with Crippen molar-refractivity contribution in [2.75, 3.05) is 19.6 Å². The maximum atomic E-state index is 13.6. The van der Waals surface area contributed by atoms with Crippen molar-refractivity contribution in [1.29, 1.82) is 0 Å². The normalized spacial score (nSPS) is 37.4. The Kier molecular flexibility index (Phi) is 6.44. The molecule has 1 N–H and O–H groups in total. The van der Waals surface area contributed by atoms with Crippen LogP contribution in [0.3, 0.4) is 0 Å². The predicted octanol–water partition coefficient (Wildman–Crippen LogP) is 4.74. The first kappa shape index (κ1) is 25.2. The number of rotatable bonds is 5. The van der Waals surface area contributed by atoms with Crippen molar-refractivity contribution < 1.29 is 19.5 Å². The molecule has 0 spiro atoms. The van der Waals surface area contributed by atoms with E-state index in [1.165, 1.54) is 5.70 Å². The number of nitrogens with zero attached hydrogens (tertiary/aromatic N) is 2. The van der Waals surface area contributed by atoms with E-state index < -0.39 is 11.4 Å². The molecule has 0 bridgehead atoms. The Balaban J connectivity index is 1.77. The Morgan fingerprint density at radius 3 is 2.38 bits per heavy atom. The molecule has 0 aromatic carbocycles. The molecule has 0 aromatic heterocycles. The Hall–Kier alpha value is -1.85. The number of allylic oxidation sites excluding steroid dienone is 2. The summed E-state index contributed by atoms with van der Waals surface area (Å²) in [6.07, 6.45) is 6.92. The van der Waals surface area contributed by atoms with Crippen LogP contribution in [0.1, 0.15) is 86.5 Å². The average molecular weight is 473 g/mol. The highest BCUT2D eigenvalue weighted by atomic mass is 16.4. The van der Waals surface area contributed by atoms with Gasteiger partial charge in [0.25, 0.3) is 0 Å². The number of carbonyl (C=O) groups is 3. The molecular formula is C28H44N2O4. The van der Waals surface area contributed by atoms with Crippen LogP contribution in [0.2, 0.25) is 0 Å². The maximum absolute atomic E-state index is 13.6. The van der Waals surface area contributed by atoms with Gasteiger partial charge in [0.05, 0.1) is 6.42 Å². The van der Waals surface area contributed by atoms with Crippen molar-refractivity contribution in [2.45, 2.75) is 92.0 Å². The minimum Gasteiger partial charge on any atom is -0.481 e. The van der Waals surface area contributed by atoms with E-state index in [0.717, 1.165) is 38.6 Å². The minimum atomic E-state index is -0.777. The summed E-state index contributed by atoms with van der Waals surface area (Å²) in [4.78, 5) is 42.7. The van der Waals surface area contributed by atoms with Crippen molar-refractivity contribution in [1.82, 2.24) is 9.80 Å².